The van der Waals surface area contributed by atoms with Gasteiger partial charge in [-0.05, 0) is 172 Å². The number of furan rings is 1. The molecule has 1 nitrogen and oxygen atoms in total. The lowest BCUT2D eigenvalue weighted by Gasteiger charge is -2.19. The maximum atomic E-state index is 7.06. The first-order valence-electron chi connectivity index (χ1n) is 24.0. The Labute approximate surface area is 395 Å². The highest BCUT2D eigenvalue weighted by atomic mass is 16.3. The molecule has 0 saturated heterocycles. The topological polar surface area (TPSA) is 13.1 Å². The third-order valence-electron chi connectivity index (χ3n) is 15.5. The number of hydrogen-bond donors (Lipinski definition) is 0. The Bertz CT molecular complexity index is 4860. The van der Waals surface area contributed by atoms with Crippen LogP contribution < -0.4 is 0 Å². The third-order valence-corrected chi connectivity index (χ3v) is 15.5. The Kier molecular flexibility index (Phi) is 7.40. The minimum atomic E-state index is 0.909. The second-order valence-corrected chi connectivity index (χ2v) is 19.0. The van der Waals surface area contributed by atoms with Crippen LogP contribution in [0.25, 0.3) is 163 Å². The van der Waals surface area contributed by atoms with Crippen LogP contribution in [0.15, 0.2) is 235 Å². The molecule has 0 fully saturated rings. The quantitative estimate of drug-likeness (QED) is 0.125. The summed E-state index contributed by atoms with van der Waals surface area (Å²) < 4.78 is 7.06. The SMILES string of the molecule is c1ccc2cc3c(cc2c1)c1ccccc1c1oc2cc4c5ccc(-c6c7ccccc7c(-c7ccc8c9ccccc9c9ccccc9c8c7)c7ccccc67)cc5c5ccccc5c4cc2c31. The van der Waals surface area contributed by atoms with Crippen molar-refractivity contribution in [2.24, 2.45) is 0 Å². The standard InChI is InChI=1S/C68H38O/c1-2-16-40-34-62-59(33-39(40)15-1)49-23-9-14-28-56(49)68-67(62)63-37-60-48-22-8-7-21-47(48)58-36-42(30-32-51(58)61(60)38-64(63)69-68)66-54-26-12-10-24-52(54)65(53-25-11-13-27-55(53)66)41-29-31-50-45-19-4-3-17-43(45)44-18-5-6-20-46(44)57(50)35-41/h1-38H. The van der Waals surface area contributed by atoms with Gasteiger partial charge in [0, 0.05) is 16.2 Å². The fourth-order valence-corrected chi connectivity index (χ4v) is 12.6. The summed E-state index contributed by atoms with van der Waals surface area (Å²) in [5.41, 5.74) is 6.81. The smallest absolute Gasteiger partial charge is 0.143 e. The van der Waals surface area contributed by atoms with Gasteiger partial charge in [-0.3, -0.25) is 0 Å². The molecule has 1 heterocycles. The van der Waals surface area contributed by atoms with E-state index in [1.807, 2.05) is 0 Å². The van der Waals surface area contributed by atoms with Crippen molar-refractivity contribution in [3.63, 3.8) is 0 Å². The lowest BCUT2D eigenvalue weighted by Crippen LogP contribution is -1.92. The minimum Gasteiger partial charge on any atom is -0.455 e. The molecule has 1 aromatic heterocycles. The van der Waals surface area contributed by atoms with Gasteiger partial charge in [-0.1, -0.05) is 194 Å². The van der Waals surface area contributed by atoms with Crippen molar-refractivity contribution in [2.45, 2.75) is 0 Å². The van der Waals surface area contributed by atoms with Crippen molar-refractivity contribution in [1.82, 2.24) is 0 Å². The fourth-order valence-electron chi connectivity index (χ4n) is 12.6. The van der Waals surface area contributed by atoms with Crippen LogP contribution in [-0.2, 0) is 0 Å². The van der Waals surface area contributed by atoms with Gasteiger partial charge in [0.05, 0.1) is 0 Å². The van der Waals surface area contributed by atoms with Crippen molar-refractivity contribution >= 4 is 140 Å². The summed E-state index contributed by atoms with van der Waals surface area (Å²) in [5, 5.41) is 29.7. The van der Waals surface area contributed by atoms with Crippen molar-refractivity contribution < 1.29 is 4.42 Å². The maximum Gasteiger partial charge on any atom is 0.143 e. The number of hydrogen-bond acceptors (Lipinski definition) is 1. The highest BCUT2D eigenvalue weighted by molar-refractivity contribution is 6.35. The van der Waals surface area contributed by atoms with Gasteiger partial charge in [0.2, 0.25) is 0 Å². The van der Waals surface area contributed by atoms with Crippen molar-refractivity contribution in [3.8, 4) is 22.3 Å². The molecule has 0 aliphatic rings. The molecule has 16 aromatic rings. The maximum absolute atomic E-state index is 7.06. The first kappa shape index (κ1) is 37.1. The molecule has 0 unspecified atom stereocenters. The molecule has 316 valence electrons. The molecular weight excluding hydrogens is 833 g/mol. The molecule has 0 saturated carbocycles. The zero-order chi connectivity index (χ0) is 44.9. The van der Waals surface area contributed by atoms with Gasteiger partial charge in [-0.25, -0.2) is 0 Å². The van der Waals surface area contributed by atoms with Gasteiger partial charge in [0.1, 0.15) is 11.2 Å². The predicted octanol–water partition coefficient (Wildman–Crippen LogP) is 19.6. The molecule has 0 N–H and O–H groups in total. The van der Waals surface area contributed by atoms with Gasteiger partial charge in [-0.2, -0.15) is 0 Å². The van der Waals surface area contributed by atoms with Crippen molar-refractivity contribution in [2.75, 3.05) is 0 Å². The molecule has 0 radical (unpaired) electrons. The highest BCUT2D eigenvalue weighted by Gasteiger charge is 2.22. The van der Waals surface area contributed by atoms with Gasteiger partial charge >= 0.3 is 0 Å². The molecule has 0 amide bonds. The second-order valence-electron chi connectivity index (χ2n) is 19.0. The largest absolute Gasteiger partial charge is 0.455 e. The fraction of sp³-hybridized carbons (Fsp3) is 0. The molecule has 69 heavy (non-hydrogen) atoms. The first-order chi connectivity index (χ1) is 34.2. The van der Waals surface area contributed by atoms with E-state index in [0.29, 0.717) is 0 Å². The molecule has 16 rings (SSSR count). The predicted molar refractivity (Wildman–Crippen MR) is 297 cm³/mol. The van der Waals surface area contributed by atoms with Crippen molar-refractivity contribution in [1.29, 1.82) is 0 Å². The van der Waals surface area contributed by atoms with Crippen LogP contribution in [0.2, 0.25) is 0 Å². The van der Waals surface area contributed by atoms with Gasteiger partial charge < -0.3 is 4.42 Å². The highest BCUT2D eigenvalue weighted by Crippen LogP contribution is 2.49. The number of benzene rings is 15. The normalized spacial score (nSPS) is 12.3. The average Bonchev–Trinajstić information content (AvgIpc) is 3.80. The van der Waals surface area contributed by atoms with Crippen LogP contribution >= 0.6 is 0 Å². The molecular formula is C68H38O. The van der Waals surface area contributed by atoms with E-state index in [1.54, 1.807) is 0 Å². The summed E-state index contributed by atoms with van der Waals surface area (Å²) >= 11 is 0. The Morgan fingerprint density at radius 2 is 0.522 bits per heavy atom. The summed E-state index contributed by atoms with van der Waals surface area (Å²) in [6, 6.07) is 85.9. The van der Waals surface area contributed by atoms with Gasteiger partial charge in [0.25, 0.3) is 0 Å². The average molecular weight is 871 g/mol. The zero-order valence-corrected chi connectivity index (χ0v) is 37.3. The Balaban J connectivity index is 0.953. The lowest BCUT2D eigenvalue weighted by molar-refractivity contribution is 0.673. The summed E-state index contributed by atoms with van der Waals surface area (Å²) in [6.07, 6.45) is 0. The van der Waals surface area contributed by atoms with Crippen LogP contribution in [0.3, 0.4) is 0 Å². The molecule has 0 spiro atoms. The van der Waals surface area contributed by atoms with E-state index in [-0.39, 0.29) is 0 Å². The van der Waals surface area contributed by atoms with E-state index in [9.17, 15) is 0 Å². The van der Waals surface area contributed by atoms with Crippen LogP contribution in [0.1, 0.15) is 0 Å². The molecule has 0 atom stereocenters. The second kappa shape index (κ2) is 13.8. The van der Waals surface area contributed by atoms with Crippen LogP contribution in [-0.4, -0.2) is 0 Å². The van der Waals surface area contributed by atoms with E-state index in [0.717, 1.165) is 21.9 Å². The molecule has 0 aliphatic heterocycles. The van der Waals surface area contributed by atoms with E-state index in [1.165, 1.54) is 141 Å². The van der Waals surface area contributed by atoms with E-state index < -0.39 is 0 Å². The number of fused-ring (bicyclic) bond motifs is 23. The molecule has 1 heteroatoms. The van der Waals surface area contributed by atoms with E-state index in [4.69, 9.17) is 4.42 Å². The Hall–Kier alpha value is -9.04. The van der Waals surface area contributed by atoms with E-state index >= 15 is 0 Å². The molecule has 0 bridgehead atoms. The molecule has 0 aliphatic carbocycles. The lowest BCUT2D eigenvalue weighted by atomic mass is 9.84. The first-order valence-corrected chi connectivity index (χ1v) is 24.0. The van der Waals surface area contributed by atoms with E-state index in [2.05, 4.69) is 231 Å². The number of rotatable bonds is 2. The monoisotopic (exact) mass is 870 g/mol. The Morgan fingerprint density at radius 3 is 1.00 bits per heavy atom. The minimum absolute atomic E-state index is 0.909. The Morgan fingerprint density at radius 1 is 0.203 bits per heavy atom. The van der Waals surface area contributed by atoms with Gasteiger partial charge in [-0.15, -0.1) is 0 Å². The van der Waals surface area contributed by atoms with Crippen LogP contribution in [0.5, 0.6) is 0 Å². The molecule has 15 aromatic carbocycles. The van der Waals surface area contributed by atoms with Crippen LogP contribution in [0.4, 0.5) is 0 Å². The van der Waals surface area contributed by atoms with Crippen LogP contribution in [0, 0.1) is 0 Å². The summed E-state index contributed by atoms with van der Waals surface area (Å²) in [7, 11) is 0. The third kappa shape index (κ3) is 5.08. The summed E-state index contributed by atoms with van der Waals surface area (Å²) in [5.74, 6) is 0. The van der Waals surface area contributed by atoms with Gasteiger partial charge in [0.15, 0.2) is 0 Å². The summed E-state index contributed by atoms with van der Waals surface area (Å²) in [4.78, 5) is 0. The van der Waals surface area contributed by atoms with Crippen molar-refractivity contribution in [3.05, 3.63) is 231 Å². The zero-order valence-electron chi connectivity index (χ0n) is 37.3. The summed E-state index contributed by atoms with van der Waals surface area (Å²) in [6.45, 7) is 0.